The van der Waals surface area contributed by atoms with Crippen molar-refractivity contribution in [3.8, 4) is 11.3 Å². The zero-order valence-electron chi connectivity index (χ0n) is 10.6. The first-order valence-corrected chi connectivity index (χ1v) is 6.16. The Morgan fingerprint density at radius 1 is 1.00 bits per heavy atom. The van der Waals surface area contributed by atoms with Crippen LogP contribution in [0, 0.1) is 6.92 Å². The van der Waals surface area contributed by atoms with Crippen LogP contribution in [0.25, 0.3) is 11.3 Å². The third-order valence-electron chi connectivity index (χ3n) is 2.83. The third kappa shape index (κ3) is 2.65. The van der Waals surface area contributed by atoms with E-state index in [1.54, 1.807) is 6.20 Å². The summed E-state index contributed by atoms with van der Waals surface area (Å²) in [5, 5.41) is 3.13. The standard InChI is InChI=1S/C16H14N2O/c1-12-6-5-7-13(10-12)15-11-17-16(19-15)18-14-8-3-2-4-9-14/h2-11H,1H3,(H,17,18). The van der Waals surface area contributed by atoms with Crippen LogP contribution >= 0.6 is 0 Å². The predicted molar refractivity (Wildman–Crippen MR) is 76.4 cm³/mol. The monoisotopic (exact) mass is 250 g/mol. The molecule has 0 fully saturated rings. The maximum atomic E-state index is 5.71. The van der Waals surface area contributed by atoms with Gasteiger partial charge in [0.15, 0.2) is 5.76 Å². The Morgan fingerprint density at radius 3 is 2.63 bits per heavy atom. The zero-order valence-corrected chi connectivity index (χ0v) is 10.6. The third-order valence-corrected chi connectivity index (χ3v) is 2.83. The molecule has 0 atom stereocenters. The average Bonchev–Trinajstić information content (AvgIpc) is 2.88. The molecule has 19 heavy (non-hydrogen) atoms. The first-order valence-electron chi connectivity index (χ1n) is 6.16. The van der Waals surface area contributed by atoms with E-state index in [0.717, 1.165) is 17.0 Å². The van der Waals surface area contributed by atoms with E-state index in [9.17, 15) is 0 Å². The van der Waals surface area contributed by atoms with E-state index in [1.807, 2.05) is 42.5 Å². The van der Waals surface area contributed by atoms with Gasteiger partial charge in [-0.05, 0) is 25.1 Å². The lowest BCUT2D eigenvalue weighted by molar-refractivity contribution is 0.592. The van der Waals surface area contributed by atoms with Gasteiger partial charge in [-0.3, -0.25) is 0 Å². The Labute approximate surface area is 111 Å². The maximum Gasteiger partial charge on any atom is 0.299 e. The summed E-state index contributed by atoms with van der Waals surface area (Å²) in [7, 11) is 0. The molecule has 1 aromatic heterocycles. The minimum absolute atomic E-state index is 0.503. The number of anilines is 2. The van der Waals surface area contributed by atoms with Crippen molar-refractivity contribution >= 4 is 11.7 Å². The quantitative estimate of drug-likeness (QED) is 0.749. The fraction of sp³-hybridized carbons (Fsp3) is 0.0625. The molecule has 0 unspecified atom stereocenters. The van der Waals surface area contributed by atoms with Gasteiger partial charge in [-0.25, -0.2) is 4.98 Å². The molecular formula is C16H14N2O. The molecule has 1 heterocycles. The highest BCUT2D eigenvalue weighted by Crippen LogP contribution is 2.24. The molecule has 94 valence electrons. The average molecular weight is 250 g/mol. The van der Waals surface area contributed by atoms with Crippen molar-refractivity contribution in [1.82, 2.24) is 4.98 Å². The highest BCUT2D eigenvalue weighted by molar-refractivity contribution is 5.60. The Kier molecular flexibility index (Phi) is 3.02. The van der Waals surface area contributed by atoms with Crippen molar-refractivity contribution in [2.75, 3.05) is 5.32 Å². The molecular weight excluding hydrogens is 236 g/mol. The number of hydrogen-bond acceptors (Lipinski definition) is 3. The molecule has 0 aliphatic carbocycles. The van der Waals surface area contributed by atoms with Crippen LogP contribution in [-0.4, -0.2) is 4.98 Å². The van der Waals surface area contributed by atoms with Crippen LogP contribution in [0.3, 0.4) is 0 Å². The van der Waals surface area contributed by atoms with Crippen molar-refractivity contribution in [1.29, 1.82) is 0 Å². The van der Waals surface area contributed by atoms with Crippen molar-refractivity contribution in [2.45, 2.75) is 6.92 Å². The number of aromatic nitrogens is 1. The van der Waals surface area contributed by atoms with Crippen LogP contribution in [0.2, 0.25) is 0 Å². The number of para-hydroxylation sites is 1. The van der Waals surface area contributed by atoms with E-state index in [-0.39, 0.29) is 0 Å². The van der Waals surface area contributed by atoms with E-state index in [1.165, 1.54) is 5.56 Å². The maximum absolute atomic E-state index is 5.71. The summed E-state index contributed by atoms with van der Waals surface area (Å²) < 4.78 is 5.71. The molecule has 0 aliphatic rings. The summed E-state index contributed by atoms with van der Waals surface area (Å²) in [5.41, 5.74) is 3.19. The number of nitrogens with zero attached hydrogens (tertiary/aromatic N) is 1. The zero-order chi connectivity index (χ0) is 13.1. The van der Waals surface area contributed by atoms with Gasteiger partial charge >= 0.3 is 0 Å². The van der Waals surface area contributed by atoms with Gasteiger partial charge in [0.1, 0.15) is 0 Å². The Hall–Kier alpha value is -2.55. The SMILES string of the molecule is Cc1cccc(-c2cnc(Nc3ccccc3)o2)c1. The van der Waals surface area contributed by atoms with E-state index in [2.05, 4.69) is 29.4 Å². The summed E-state index contributed by atoms with van der Waals surface area (Å²) in [6, 6.07) is 18.5. The van der Waals surface area contributed by atoms with Crippen molar-refractivity contribution in [2.24, 2.45) is 0 Å². The Morgan fingerprint density at radius 2 is 1.84 bits per heavy atom. The van der Waals surface area contributed by atoms with E-state index >= 15 is 0 Å². The number of rotatable bonds is 3. The number of hydrogen-bond donors (Lipinski definition) is 1. The lowest BCUT2D eigenvalue weighted by atomic mass is 10.1. The van der Waals surface area contributed by atoms with Crippen LogP contribution in [0.4, 0.5) is 11.7 Å². The van der Waals surface area contributed by atoms with E-state index in [0.29, 0.717) is 6.01 Å². The van der Waals surface area contributed by atoms with Crippen molar-refractivity contribution < 1.29 is 4.42 Å². The largest absolute Gasteiger partial charge is 0.423 e. The minimum Gasteiger partial charge on any atom is -0.423 e. The first-order chi connectivity index (χ1) is 9.31. The number of benzene rings is 2. The van der Waals surface area contributed by atoms with Crippen molar-refractivity contribution in [3.05, 3.63) is 66.4 Å². The highest BCUT2D eigenvalue weighted by atomic mass is 16.4. The molecule has 0 radical (unpaired) electrons. The van der Waals surface area contributed by atoms with Gasteiger partial charge < -0.3 is 9.73 Å². The highest BCUT2D eigenvalue weighted by Gasteiger charge is 2.06. The molecule has 3 nitrogen and oxygen atoms in total. The fourth-order valence-corrected chi connectivity index (χ4v) is 1.91. The number of aryl methyl sites for hydroxylation is 1. The van der Waals surface area contributed by atoms with Crippen LogP contribution in [0.5, 0.6) is 0 Å². The summed E-state index contributed by atoms with van der Waals surface area (Å²) in [6.45, 7) is 2.06. The van der Waals surface area contributed by atoms with E-state index < -0.39 is 0 Å². The number of nitrogens with one attached hydrogen (secondary N) is 1. The molecule has 1 N–H and O–H groups in total. The van der Waals surface area contributed by atoms with Crippen LogP contribution in [0.1, 0.15) is 5.56 Å². The molecule has 0 amide bonds. The van der Waals surface area contributed by atoms with Crippen molar-refractivity contribution in [3.63, 3.8) is 0 Å². The molecule has 0 spiro atoms. The van der Waals surface area contributed by atoms with Gasteiger partial charge in [0.05, 0.1) is 6.20 Å². The van der Waals surface area contributed by atoms with Crippen LogP contribution < -0.4 is 5.32 Å². The summed E-state index contributed by atoms with van der Waals surface area (Å²) >= 11 is 0. The van der Waals surface area contributed by atoms with E-state index in [4.69, 9.17) is 4.42 Å². The second-order valence-corrected chi connectivity index (χ2v) is 4.39. The van der Waals surface area contributed by atoms with Crippen LogP contribution in [-0.2, 0) is 0 Å². The number of oxazole rings is 1. The van der Waals surface area contributed by atoms with Gasteiger partial charge in [-0.2, -0.15) is 0 Å². The fourth-order valence-electron chi connectivity index (χ4n) is 1.91. The Bertz CT molecular complexity index is 674. The molecule has 3 aromatic rings. The smallest absolute Gasteiger partial charge is 0.299 e. The van der Waals surface area contributed by atoms with Gasteiger partial charge in [0.25, 0.3) is 6.01 Å². The first kappa shape index (κ1) is 11.5. The Balaban J connectivity index is 1.84. The predicted octanol–water partition coefficient (Wildman–Crippen LogP) is 4.39. The molecule has 3 rings (SSSR count). The molecule has 0 saturated heterocycles. The van der Waals surface area contributed by atoms with Crippen LogP contribution in [0.15, 0.2) is 65.2 Å². The second-order valence-electron chi connectivity index (χ2n) is 4.39. The minimum atomic E-state index is 0.503. The lowest BCUT2D eigenvalue weighted by Gasteiger charge is -2.00. The molecule has 0 aliphatic heterocycles. The molecule has 0 bridgehead atoms. The summed E-state index contributed by atoms with van der Waals surface area (Å²) in [4.78, 5) is 4.24. The summed E-state index contributed by atoms with van der Waals surface area (Å²) in [6.07, 6.45) is 1.74. The molecule has 0 saturated carbocycles. The molecule has 3 heteroatoms. The van der Waals surface area contributed by atoms with Gasteiger partial charge in [0.2, 0.25) is 0 Å². The topological polar surface area (TPSA) is 38.1 Å². The van der Waals surface area contributed by atoms with Gasteiger partial charge in [-0.15, -0.1) is 0 Å². The second kappa shape index (κ2) is 4.98. The van der Waals surface area contributed by atoms with Gasteiger partial charge in [0, 0.05) is 11.3 Å². The summed E-state index contributed by atoms with van der Waals surface area (Å²) in [5.74, 6) is 0.766. The normalized spacial score (nSPS) is 10.4. The molecule has 2 aromatic carbocycles. The lowest BCUT2D eigenvalue weighted by Crippen LogP contribution is -1.88. The van der Waals surface area contributed by atoms with Gasteiger partial charge in [-0.1, -0.05) is 42.0 Å².